The summed E-state index contributed by atoms with van der Waals surface area (Å²) in [7, 11) is -3.80. The second-order valence-electron chi connectivity index (χ2n) is 7.98. The van der Waals surface area contributed by atoms with E-state index in [0.717, 1.165) is 19.3 Å². The molecule has 1 saturated heterocycles. The van der Waals surface area contributed by atoms with E-state index < -0.39 is 21.7 Å². The van der Waals surface area contributed by atoms with Crippen molar-refractivity contribution in [2.75, 3.05) is 25.0 Å². The topological polar surface area (TPSA) is 102 Å². The van der Waals surface area contributed by atoms with Crippen LogP contribution in [0.4, 0.5) is 10.1 Å². The molecule has 0 atom stereocenters. The summed E-state index contributed by atoms with van der Waals surface area (Å²) in [4.78, 5) is 13.2. The number of anilines is 1. The number of hydrogen-bond acceptors (Lipinski definition) is 6. The fourth-order valence-electron chi connectivity index (χ4n) is 3.94. The summed E-state index contributed by atoms with van der Waals surface area (Å²) in [6, 6.07) is 10.1. The fraction of sp³-hybridized carbons (Fsp3) is 0.333. The third kappa shape index (κ3) is 4.83. The van der Waals surface area contributed by atoms with E-state index in [1.165, 1.54) is 40.7 Å². The lowest BCUT2D eigenvalue weighted by molar-refractivity contribution is 0.102. The molecule has 1 aromatic heterocycles. The Hall–Kier alpha value is -3.24. The van der Waals surface area contributed by atoms with Crippen LogP contribution in [-0.4, -0.2) is 43.5 Å². The van der Waals surface area contributed by atoms with Gasteiger partial charge in [-0.15, -0.1) is 0 Å². The van der Waals surface area contributed by atoms with E-state index in [9.17, 15) is 17.6 Å². The maximum absolute atomic E-state index is 13.3. The normalized spacial score (nSPS) is 14.7. The van der Waals surface area contributed by atoms with E-state index in [-0.39, 0.29) is 33.4 Å². The van der Waals surface area contributed by atoms with Gasteiger partial charge >= 0.3 is 0 Å². The van der Waals surface area contributed by atoms with Crippen LogP contribution >= 0.6 is 0 Å². The van der Waals surface area contributed by atoms with Gasteiger partial charge in [0.05, 0.1) is 6.61 Å². The lowest BCUT2D eigenvalue weighted by atomic mass is 10.1. The van der Waals surface area contributed by atoms with Crippen LogP contribution in [0.2, 0.25) is 0 Å². The molecule has 10 heteroatoms. The van der Waals surface area contributed by atoms with Gasteiger partial charge in [0, 0.05) is 24.3 Å². The van der Waals surface area contributed by atoms with Crippen LogP contribution in [0.15, 0.2) is 51.9 Å². The number of nitrogens with one attached hydrogen (secondary N) is 1. The molecule has 180 valence electrons. The molecule has 1 amide bonds. The van der Waals surface area contributed by atoms with E-state index in [2.05, 4.69) is 10.5 Å². The summed E-state index contributed by atoms with van der Waals surface area (Å²) in [5.74, 6) is -0.418. The highest BCUT2D eigenvalue weighted by molar-refractivity contribution is 7.89. The van der Waals surface area contributed by atoms with Crippen LogP contribution in [0.25, 0.3) is 11.3 Å². The molecule has 4 rings (SSSR count). The van der Waals surface area contributed by atoms with Gasteiger partial charge in [-0.05, 0) is 69.2 Å². The highest BCUT2D eigenvalue weighted by Crippen LogP contribution is 2.32. The Morgan fingerprint density at radius 2 is 1.85 bits per heavy atom. The van der Waals surface area contributed by atoms with Crippen LogP contribution in [0.1, 0.15) is 42.3 Å². The van der Waals surface area contributed by atoms with Gasteiger partial charge in [0.2, 0.25) is 10.0 Å². The van der Waals surface area contributed by atoms with E-state index >= 15 is 0 Å². The van der Waals surface area contributed by atoms with Crippen LogP contribution in [-0.2, 0) is 10.0 Å². The standard InChI is InChI=1S/C24H26FN3O5S/c1-3-32-20-12-11-19(15-21(20)34(30,31)28-13-5-4-6-14-28)26-24(29)22-16(2)33-27-23(22)17-7-9-18(25)10-8-17/h7-12,15H,3-6,13-14H2,1-2H3,(H,26,29). The zero-order valence-corrected chi connectivity index (χ0v) is 19.8. The number of rotatable bonds is 7. The van der Waals surface area contributed by atoms with Crippen molar-refractivity contribution in [2.45, 2.75) is 38.0 Å². The Labute approximate surface area is 197 Å². The van der Waals surface area contributed by atoms with E-state index in [1.54, 1.807) is 19.9 Å². The monoisotopic (exact) mass is 487 g/mol. The first-order valence-electron chi connectivity index (χ1n) is 11.1. The van der Waals surface area contributed by atoms with E-state index in [4.69, 9.17) is 9.26 Å². The molecule has 2 heterocycles. The summed E-state index contributed by atoms with van der Waals surface area (Å²) >= 11 is 0. The molecule has 2 aromatic carbocycles. The average Bonchev–Trinajstić information content (AvgIpc) is 3.22. The zero-order chi connectivity index (χ0) is 24.3. The van der Waals surface area contributed by atoms with Gasteiger partial charge in [-0.1, -0.05) is 11.6 Å². The van der Waals surface area contributed by atoms with Crippen molar-refractivity contribution in [1.29, 1.82) is 0 Å². The molecule has 1 aliphatic rings. The summed E-state index contributed by atoms with van der Waals surface area (Å²) in [6.07, 6.45) is 2.60. The zero-order valence-electron chi connectivity index (χ0n) is 19.0. The summed E-state index contributed by atoms with van der Waals surface area (Å²) < 4.78 is 52.3. The minimum absolute atomic E-state index is 0.00912. The number of halogens is 1. The van der Waals surface area contributed by atoms with E-state index in [1.807, 2.05) is 0 Å². The molecule has 0 bridgehead atoms. The second-order valence-corrected chi connectivity index (χ2v) is 9.89. The molecular formula is C24H26FN3O5S. The van der Waals surface area contributed by atoms with Crippen LogP contribution in [0, 0.1) is 12.7 Å². The number of carbonyl (C=O) groups is 1. The minimum atomic E-state index is -3.80. The van der Waals surface area contributed by atoms with E-state index in [0.29, 0.717) is 25.3 Å². The Morgan fingerprint density at radius 3 is 2.53 bits per heavy atom. The van der Waals surface area contributed by atoms with Gasteiger partial charge < -0.3 is 14.6 Å². The van der Waals surface area contributed by atoms with Gasteiger partial charge in [0.25, 0.3) is 5.91 Å². The smallest absolute Gasteiger partial charge is 0.261 e. The molecule has 1 N–H and O–H groups in total. The molecular weight excluding hydrogens is 461 g/mol. The van der Waals surface area contributed by atoms with Crippen molar-refractivity contribution in [1.82, 2.24) is 9.46 Å². The second kappa shape index (κ2) is 9.94. The Morgan fingerprint density at radius 1 is 1.15 bits per heavy atom. The van der Waals surface area contributed by atoms with Crippen LogP contribution < -0.4 is 10.1 Å². The molecule has 34 heavy (non-hydrogen) atoms. The number of aromatic nitrogens is 1. The predicted molar refractivity (Wildman–Crippen MR) is 125 cm³/mol. The van der Waals surface area contributed by atoms with Gasteiger partial charge in [-0.25, -0.2) is 12.8 Å². The fourth-order valence-corrected chi connectivity index (χ4v) is 5.62. The number of aryl methyl sites for hydroxylation is 1. The largest absolute Gasteiger partial charge is 0.492 e. The number of carbonyl (C=O) groups excluding carboxylic acids is 1. The number of sulfonamides is 1. The molecule has 0 saturated carbocycles. The summed E-state index contributed by atoms with van der Waals surface area (Å²) in [5, 5.41) is 6.69. The van der Waals surface area contributed by atoms with Gasteiger partial charge in [-0.3, -0.25) is 4.79 Å². The molecule has 0 spiro atoms. The molecule has 1 fully saturated rings. The molecule has 0 unspecified atom stereocenters. The van der Waals surface area contributed by atoms with Crippen LogP contribution in [0.3, 0.4) is 0 Å². The average molecular weight is 488 g/mol. The van der Waals surface area contributed by atoms with Gasteiger partial charge in [0.15, 0.2) is 0 Å². The first kappa shape index (κ1) is 23.9. The van der Waals surface area contributed by atoms with Crippen molar-refractivity contribution < 1.29 is 26.9 Å². The Bertz CT molecular complexity index is 1280. The van der Waals surface area contributed by atoms with Crippen LogP contribution in [0.5, 0.6) is 5.75 Å². The highest BCUT2D eigenvalue weighted by Gasteiger charge is 2.30. The molecule has 8 nitrogen and oxygen atoms in total. The summed E-state index contributed by atoms with van der Waals surface area (Å²) in [6.45, 7) is 4.57. The number of nitrogens with zero attached hydrogens (tertiary/aromatic N) is 2. The predicted octanol–water partition coefficient (Wildman–Crippen LogP) is 4.61. The highest BCUT2D eigenvalue weighted by atomic mass is 32.2. The third-order valence-corrected chi connectivity index (χ3v) is 7.56. The summed E-state index contributed by atoms with van der Waals surface area (Å²) in [5.41, 5.74) is 1.25. The molecule has 1 aliphatic heterocycles. The van der Waals surface area contributed by atoms with Crippen molar-refractivity contribution in [3.8, 4) is 17.0 Å². The Kier molecular flexibility index (Phi) is 6.99. The molecule has 0 aliphatic carbocycles. The lowest BCUT2D eigenvalue weighted by Crippen LogP contribution is -2.35. The number of piperidine rings is 1. The Balaban J connectivity index is 1.66. The molecule has 0 radical (unpaired) electrons. The number of ether oxygens (including phenoxy) is 1. The van der Waals surface area contributed by atoms with Crippen molar-refractivity contribution in [3.05, 3.63) is 59.6 Å². The van der Waals surface area contributed by atoms with Crippen molar-refractivity contribution in [2.24, 2.45) is 0 Å². The maximum atomic E-state index is 13.3. The first-order valence-corrected chi connectivity index (χ1v) is 12.6. The minimum Gasteiger partial charge on any atom is -0.492 e. The van der Waals surface area contributed by atoms with Gasteiger partial charge in [0.1, 0.15) is 33.5 Å². The quantitative estimate of drug-likeness (QED) is 0.522. The van der Waals surface area contributed by atoms with Crippen molar-refractivity contribution >= 4 is 21.6 Å². The molecule has 3 aromatic rings. The number of hydrogen-bond donors (Lipinski definition) is 1. The third-order valence-electron chi connectivity index (χ3n) is 5.64. The first-order chi connectivity index (χ1) is 16.3. The number of amides is 1. The van der Waals surface area contributed by atoms with Crippen molar-refractivity contribution in [3.63, 3.8) is 0 Å². The van der Waals surface area contributed by atoms with Gasteiger partial charge in [-0.2, -0.15) is 4.31 Å². The number of benzene rings is 2. The maximum Gasteiger partial charge on any atom is 0.261 e. The SMILES string of the molecule is CCOc1ccc(NC(=O)c2c(-c3ccc(F)cc3)noc2C)cc1S(=O)(=O)N1CCCCC1. The lowest BCUT2D eigenvalue weighted by Gasteiger charge is -2.27.